The lowest BCUT2D eigenvalue weighted by Gasteiger charge is -2.09. The van der Waals surface area contributed by atoms with Gasteiger partial charge in [0.05, 0.1) is 4.92 Å². The van der Waals surface area contributed by atoms with Crippen LogP contribution in [-0.4, -0.2) is 10.8 Å². The van der Waals surface area contributed by atoms with Gasteiger partial charge in [0.25, 0.3) is 5.69 Å². The van der Waals surface area contributed by atoms with Gasteiger partial charge >= 0.3 is 0 Å². The Morgan fingerprint density at radius 3 is 2.30 bits per heavy atom. The predicted octanol–water partition coefficient (Wildman–Crippen LogP) is 2.83. The van der Waals surface area contributed by atoms with Gasteiger partial charge in [-0.1, -0.05) is 0 Å². The molecule has 0 saturated heterocycles. The summed E-state index contributed by atoms with van der Waals surface area (Å²) in [7, 11) is 0. The zero-order valence-electron chi connectivity index (χ0n) is 11.0. The topological polar surface area (TPSA) is 72.2 Å². The fourth-order valence-electron chi connectivity index (χ4n) is 4.57. The average molecular weight is 272 g/mol. The Morgan fingerprint density at radius 2 is 1.75 bits per heavy atom. The first-order valence-electron chi connectivity index (χ1n) is 7.20. The van der Waals surface area contributed by atoms with Crippen molar-refractivity contribution < 1.29 is 9.72 Å². The van der Waals surface area contributed by atoms with E-state index in [2.05, 4.69) is 5.32 Å². The summed E-state index contributed by atoms with van der Waals surface area (Å²) in [5.74, 6) is 3.08. The van der Waals surface area contributed by atoms with Crippen LogP contribution in [0.15, 0.2) is 24.3 Å². The molecule has 0 unspecified atom stereocenters. The summed E-state index contributed by atoms with van der Waals surface area (Å²) in [6.45, 7) is 0. The zero-order valence-corrected chi connectivity index (χ0v) is 11.0. The number of fused-ring (bicyclic) bond motifs is 5. The van der Waals surface area contributed by atoms with Crippen LogP contribution in [0.2, 0.25) is 0 Å². The Labute approximate surface area is 116 Å². The number of nitro groups is 1. The number of rotatable bonds is 3. The fraction of sp³-hybridized carbons (Fsp3) is 0.533. The standard InChI is InChI=1S/C15H16N2O3/c18-15(14-12-8-1-2-9(7-8)13(12)14)16-10-3-5-11(6-4-10)17(19)20/h3-6,8-9,12-14H,1-2,7H2,(H,16,18)/t8-,9-,12-,13-/m1/s1. The highest BCUT2D eigenvalue weighted by Crippen LogP contribution is 2.69. The van der Waals surface area contributed by atoms with E-state index in [0.29, 0.717) is 17.5 Å². The van der Waals surface area contributed by atoms with E-state index >= 15 is 0 Å². The van der Waals surface area contributed by atoms with Crippen LogP contribution >= 0.6 is 0 Å². The molecule has 1 aromatic carbocycles. The lowest BCUT2D eigenvalue weighted by Crippen LogP contribution is -2.18. The Balaban J connectivity index is 1.42. The van der Waals surface area contributed by atoms with Crippen molar-refractivity contribution in [3.63, 3.8) is 0 Å². The summed E-state index contributed by atoms with van der Waals surface area (Å²) in [5.41, 5.74) is 0.697. The van der Waals surface area contributed by atoms with Crippen molar-refractivity contribution in [2.75, 3.05) is 5.32 Å². The quantitative estimate of drug-likeness (QED) is 0.679. The van der Waals surface area contributed by atoms with Crippen LogP contribution in [0, 0.1) is 39.7 Å². The first-order valence-corrected chi connectivity index (χ1v) is 7.20. The number of hydrogen-bond donors (Lipinski definition) is 1. The summed E-state index contributed by atoms with van der Waals surface area (Å²) in [5, 5.41) is 13.5. The summed E-state index contributed by atoms with van der Waals surface area (Å²) < 4.78 is 0. The van der Waals surface area contributed by atoms with E-state index in [1.807, 2.05) is 0 Å². The van der Waals surface area contributed by atoms with Crippen LogP contribution in [-0.2, 0) is 4.79 Å². The predicted molar refractivity (Wildman–Crippen MR) is 73.0 cm³/mol. The molecule has 20 heavy (non-hydrogen) atoms. The molecule has 4 atom stereocenters. The van der Waals surface area contributed by atoms with Gasteiger partial charge in [-0.25, -0.2) is 0 Å². The number of carbonyl (C=O) groups is 1. The van der Waals surface area contributed by atoms with Crippen molar-refractivity contribution in [1.29, 1.82) is 0 Å². The molecule has 1 aromatic rings. The highest BCUT2D eigenvalue weighted by atomic mass is 16.6. The second-order valence-corrected chi connectivity index (χ2v) is 6.31. The minimum Gasteiger partial charge on any atom is -0.326 e. The SMILES string of the molecule is O=C(Nc1ccc([N+](=O)[O-])cc1)C1[C@@H]2[C@@H]3CC[C@H](C3)[C@@H]12. The van der Waals surface area contributed by atoms with Crippen molar-refractivity contribution in [1.82, 2.24) is 0 Å². The number of nitro benzene ring substituents is 1. The van der Waals surface area contributed by atoms with E-state index in [-0.39, 0.29) is 17.5 Å². The van der Waals surface area contributed by atoms with Gasteiger partial charge in [0, 0.05) is 23.7 Å². The maximum absolute atomic E-state index is 12.3. The van der Waals surface area contributed by atoms with Crippen LogP contribution in [0.1, 0.15) is 19.3 Å². The molecule has 3 fully saturated rings. The second kappa shape index (κ2) is 4.04. The molecule has 5 heteroatoms. The third kappa shape index (κ3) is 1.65. The largest absolute Gasteiger partial charge is 0.326 e. The maximum Gasteiger partial charge on any atom is 0.269 e. The van der Waals surface area contributed by atoms with Crippen molar-refractivity contribution in [3.8, 4) is 0 Å². The third-order valence-corrected chi connectivity index (χ3v) is 5.38. The minimum atomic E-state index is -0.436. The van der Waals surface area contributed by atoms with Gasteiger partial charge in [0.2, 0.25) is 5.91 Å². The van der Waals surface area contributed by atoms with Crippen LogP contribution in [0.4, 0.5) is 11.4 Å². The molecule has 5 nitrogen and oxygen atoms in total. The Bertz CT molecular complexity index is 567. The van der Waals surface area contributed by atoms with Crippen LogP contribution in [0.25, 0.3) is 0 Å². The van der Waals surface area contributed by atoms with Crippen molar-refractivity contribution in [2.45, 2.75) is 19.3 Å². The summed E-state index contributed by atoms with van der Waals surface area (Å²) in [4.78, 5) is 22.4. The highest BCUT2D eigenvalue weighted by Gasteiger charge is 2.67. The van der Waals surface area contributed by atoms with E-state index < -0.39 is 4.92 Å². The number of benzene rings is 1. The molecular weight excluding hydrogens is 256 g/mol. The average Bonchev–Trinajstić information content (AvgIpc) is 2.89. The highest BCUT2D eigenvalue weighted by molar-refractivity contribution is 5.95. The monoisotopic (exact) mass is 272 g/mol. The van der Waals surface area contributed by atoms with E-state index in [9.17, 15) is 14.9 Å². The Kier molecular flexibility index (Phi) is 2.40. The minimum absolute atomic E-state index is 0.0457. The summed E-state index contributed by atoms with van der Waals surface area (Å²) in [6.07, 6.45) is 3.93. The summed E-state index contributed by atoms with van der Waals surface area (Å²) >= 11 is 0. The number of hydrogen-bond acceptors (Lipinski definition) is 3. The van der Waals surface area contributed by atoms with Gasteiger partial charge in [0.1, 0.15) is 0 Å². The van der Waals surface area contributed by atoms with Crippen LogP contribution < -0.4 is 5.32 Å². The second-order valence-electron chi connectivity index (χ2n) is 6.31. The van der Waals surface area contributed by atoms with Crippen molar-refractivity contribution in [2.24, 2.45) is 29.6 Å². The van der Waals surface area contributed by atoms with E-state index in [1.54, 1.807) is 12.1 Å². The van der Waals surface area contributed by atoms with Crippen LogP contribution in [0.3, 0.4) is 0 Å². The number of non-ortho nitro benzene ring substituents is 1. The normalized spacial score (nSPS) is 36.5. The van der Waals surface area contributed by atoms with Gasteiger partial charge in [-0.3, -0.25) is 14.9 Å². The molecular formula is C15H16N2O3. The van der Waals surface area contributed by atoms with E-state index in [1.165, 1.54) is 31.4 Å². The lowest BCUT2D eigenvalue weighted by molar-refractivity contribution is -0.384. The third-order valence-electron chi connectivity index (χ3n) is 5.38. The molecule has 0 spiro atoms. The molecule has 104 valence electrons. The van der Waals surface area contributed by atoms with E-state index in [4.69, 9.17) is 0 Å². The van der Waals surface area contributed by atoms with Gasteiger partial charge in [0.15, 0.2) is 0 Å². The fourth-order valence-corrected chi connectivity index (χ4v) is 4.57. The van der Waals surface area contributed by atoms with E-state index in [0.717, 1.165) is 11.8 Å². The number of amides is 1. The van der Waals surface area contributed by atoms with Crippen molar-refractivity contribution in [3.05, 3.63) is 34.4 Å². The molecule has 3 aliphatic carbocycles. The van der Waals surface area contributed by atoms with Gasteiger partial charge in [-0.15, -0.1) is 0 Å². The summed E-state index contributed by atoms with van der Waals surface area (Å²) in [6, 6.07) is 6.05. The van der Waals surface area contributed by atoms with Crippen LogP contribution in [0.5, 0.6) is 0 Å². The number of carbonyl (C=O) groups excluding carboxylic acids is 1. The molecule has 1 amide bonds. The molecule has 4 rings (SSSR count). The van der Waals surface area contributed by atoms with Gasteiger partial charge in [-0.2, -0.15) is 0 Å². The molecule has 1 N–H and O–H groups in total. The zero-order chi connectivity index (χ0) is 13.9. The molecule has 0 aliphatic heterocycles. The van der Waals surface area contributed by atoms with Crippen molar-refractivity contribution >= 4 is 17.3 Å². The molecule has 2 bridgehead atoms. The smallest absolute Gasteiger partial charge is 0.269 e. The maximum atomic E-state index is 12.3. The lowest BCUT2D eigenvalue weighted by atomic mass is 10.0. The number of anilines is 1. The molecule has 0 aromatic heterocycles. The molecule has 3 aliphatic rings. The Hall–Kier alpha value is -1.91. The first-order chi connectivity index (χ1) is 9.65. The van der Waals surface area contributed by atoms with Gasteiger partial charge < -0.3 is 5.32 Å². The molecule has 0 radical (unpaired) electrons. The Morgan fingerprint density at radius 1 is 1.15 bits per heavy atom. The molecule has 3 saturated carbocycles. The van der Waals surface area contributed by atoms with Gasteiger partial charge in [-0.05, 0) is 55.1 Å². The number of nitrogens with one attached hydrogen (secondary N) is 1. The first kappa shape index (κ1) is 11.9. The number of nitrogens with zero attached hydrogens (tertiary/aromatic N) is 1. The molecule has 0 heterocycles.